The first kappa shape index (κ1) is 14.5. The zero-order valence-corrected chi connectivity index (χ0v) is 12.9. The first-order valence-electron chi connectivity index (χ1n) is 5.49. The van der Waals surface area contributed by atoms with E-state index in [-0.39, 0.29) is 17.7 Å². The Kier molecular flexibility index (Phi) is 4.62. The lowest BCUT2D eigenvalue weighted by Crippen LogP contribution is -2.10. The molecule has 0 aliphatic heterocycles. The molecule has 19 heavy (non-hydrogen) atoms. The Morgan fingerprint density at radius 3 is 2.42 bits per heavy atom. The Labute approximate surface area is 124 Å². The summed E-state index contributed by atoms with van der Waals surface area (Å²) in [5.74, 6) is 0.220. The van der Waals surface area contributed by atoms with Gasteiger partial charge in [-0.3, -0.25) is 4.57 Å². The van der Waals surface area contributed by atoms with E-state index >= 15 is 0 Å². The molecular weight excluding hydrogens is 378 g/mol. The topological polar surface area (TPSA) is 66.8 Å². The molecule has 6 heteroatoms. The van der Waals surface area contributed by atoms with Gasteiger partial charge in [0.05, 0.1) is 0 Å². The molecule has 0 atom stereocenters. The first-order chi connectivity index (χ1) is 8.97. The van der Waals surface area contributed by atoms with Gasteiger partial charge in [-0.2, -0.15) is 0 Å². The Bertz CT molecular complexity index is 609. The molecule has 0 bridgehead atoms. The number of benzene rings is 2. The van der Waals surface area contributed by atoms with Crippen LogP contribution in [0.5, 0.6) is 5.75 Å². The summed E-state index contributed by atoms with van der Waals surface area (Å²) in [6, 6.07) is 14.2. The lowest BCUT2D eigenvalue weighted by atomic mass is 10.2. The second kappa shape index (κ2) is 6.05. The van der Waals surface area contributed by atoms with Gasteiger partial charge in [-0.1, -0.05) is 30.3 Å². The summed E-state index contributed by atoms with van der Waals surface area (Å²) in [6.45, 7) is 0.272. The molecule has 2 N–H and O–H groups in total. The molecule has 0 aromatic heterocycles. The first-order valence-corrected chi connectivity index (χ1v) is 8.18. The van der Waals surface area contributed by atoms with Crippen LogP contribution in [-0.2, 0) is 11.2 Å². The van der Waals surface area contributed by atoms with Crippen LogP contribution in [-0.4, -0.2) is 9.79 Å². The molecule has 2 aromatic carbocycles. The van der Waals surface area contributed by atoms with Crippen molar-refractivity contribution in [3.8, 4) is 5.75 Å². The van der Waals surface area contributed by atoms with Crippen molar-refractivity contribution in [1.82, 2.24) is 0 Å². The van der Waals surface area contributed by atoms with Crippen molar-refractivity contribution in [3.63, 3.8) is 0 Å². The highest BCUT2D eigenvalue weighted by molar-refractivity contribution is 14.1. The fraction of sp³-hybridized carbons (Fsp3) is 0.0769. The van der Waals surface area contributed by atoms with Gasteiger partial charge in [-0.05, 0) is 46.4 Å². The maximum Gasteiger partial charge on any atom is 0.360 e. The van der Waals surface area contributed by atoms with E-state index in [1.807, 2.05) is 52.9 Å². The van der Waals surface area contributed by atoms with Crippen molar-refractivity contribution in [2.45, 2.75) is 6.61 Å². The predicted molar refractivity (Wildman–Crippen MR) is 81.6 cm³/mol. The molecule has 0 radical (unpaired) electrons. The largest absolute Gasteiger partial charge is 0.488 e. The summed E-state index contributed by atoms with van der Waals surface area (Å²) in [4.78, 5) is 18.6. The summed E-state index contributed by atoms with van der Waals surface area (Å²) < 4.78 is 17.7. The second-order valence-electron chi connectivity index (χ2n) is 3.93. The van der Waals surface area contributed by atoms with Crippen LogP contribution in [0.3, 0.4) is 0 Å². The highest BCUT2D eigenvalue weighted by Crippen LogP contribution is 2.38. The molecule has 0 unspecified atom stereocenters. The average Bonchev–Trinajstić information content (AvgIpc) is 2.37. The lowest BCUT2D eigenvalue weighted by molar-refractivity contribution is 0.306. The van der Waals surface area contributed by atoms with E-state index in [9.17, 15) is 14.4 Å². The standard InChI is InChI=1S/C13H12IO4P/c14-11-6-7-12(13(8-11)19(15,16)17)18-9-10-4-2-1-3-5-10/h1-8H,9H2,(H2,15,16,17). The van der Waals surface area contributed by atoms with E-state index < -0.39 is 7.60 Å². The molecule has 0 fully saturated rings. The van der Waals surface area contributed by atoms with Gasteiger partial charge in [-0.15, -0.1) is 0 Å². The van der Waals surface area contributed by atoms with E-state index in [0.717, 1.165) is 9.13 Å². The zero-order chi connectivity index (χ0) is 13.9. The van der Waals surface area contributed by atoms with Crippen LogP contribution in [0.2, 0.25) is 0 Å². The molecule has 2 aromatic rings. The van der Waals surface area contributed by atoms with Crippen LogP contribution in [0.4, 0.5) is 0 Å². The van der Waals surface area contributed by atoms with Gasteiger partial charge in [0.1, 0.15) is 17.7 Å². The van der Waals surface area contributed by atoms with Gasteiger partial charge in [0.25, 0.3) is 0 Å². The molecule has 0 saturated carbocycles. The lowest BCUT2D eigenvalue weighted by Gasteiger charge is -2.13. The summed E-state index contributed by atoms with van der Waals surface area (Å²) in [5, 5.41) is -0.0738. The van der Waals surface area contributed by atoms with Gasteiger partial charge in [0.2, 0.25) is 0 Å². The summed E-state index contributed by atoms with van der Waals surface area (Å²) in [7, 11) is -4.33. The number of halogens is 1. The highest BCUT2D eigenvalue weighted by atomic mass is 127. The number of ether oxygens (including phenoxy) is 1. The Morgan fingerprint density at radius 1 is 1.11 bits per heavy atom. The van der Waals surface area contributed by atoms with E-state index in [2.05, 4.69) is 0 Å². The monoisotopic (exact) mass is 390 g/mol. The molecule has 0 aliphatic carbocycles. The molecule has 0 aliphatic rings. The number of hydrogen-bond acceptors (Lipinski definition) is 2. The quantitative estimate of drug-likeness (QED) is 0.623. The third-order valence-corrected chi connectivity index (χ3v) is 4.12. The smallest absolute Gasteiger partial charge is 0.360 e. The second-order valence-corrected chi connectivity index (χ2v) is 6.75. The third kappa shape index (κ3) is 4.04. The fourth-order valence-corrected chi connectivity index (χ4v) is 3.05. The fourth-order valence-electron chi connectivity index (χ4n) is 1.58. The predicted octanol–water partition coefficient (Wildman–Crippen LogP) is 2.67. The maximum atomic E-state index is 11.4. The van der Waals surface area contributed by atoms with Crippen molar-refractivity contribution in [2.24, 2.45) is 0 Å². The Hall–Kier alpha value is -0.880. The maximum absolute atomic E-state index is 11.4. The molecule has 2 rings (SSSR count). The Morgan fingerprint density at radius 2 is 1.79 bits per heavy atom. The van der Waals surface area contributed by atoms with Gasteiger partial charge < -0.3 is 14.5 Å². The molecule has 0 spiro atoms. The third-order valence-electron chi connectivity index (χ3n) is 2.47. The van der Waals surface area contributed by atoms with Crippen molar-refractivity contribution < 1.29 is 19.1 Å². The van der Waals surface area contributed by atoms with Gasteiger partial charge >= 0.3 is 7.60 Å². The highest BCUT2D eigenvalue weighted by Gasteiger charge is 2.23. The van der Waals surface area contributed by atoms with Gasteiger partial charge in [0.15, 0.2) is 0 Å². The summed E-state index contributed by atoms with van der Waals surface area (Å²) >= 11 is 2.00. The van der Waals surface area contributed by atoms with Crippen LogP contribution in [0.15, 0.2) is 48.5 Å². The summed E-state index contributed by atoms with van der Waals surface area (Å²) in [5.41, 5.74) is 0.942. The Balaban J connectivity index is 2.23. The van der Waals surface area contributed by atoms with Gasteiger partial charge in [-0.25, -0.2) is 0 Å². The number of hydrogen-bond donors (Lipinski definition) is 2. The molecule has 0 heterocycles. The normalized spacial score (nSPS) is 11.3. The summed E-state index contributed by atoms with van der Waals surface area (Å²) in [6.07, 6.45) is 0. The molecule has 0 saturated heterocycles. The number of rotatable bonds is 4. The van der Waals surface area contributed by atoms with Crippen LogP contribution in [0.1, 0.15) is 5.56 Å². The van der Waals surface area contributed by atoms with Crippen molar-refractivity contribution >= 4 is 35.5 Å². The molecular formula is C13H12IO4P. The van der Waals surface area contributed by atoms with E-state index in [4.69, 9.17) is 4.74 Å². The van der Waals surface area contributed by atoms with Crippen LogP contribution < -0.4 is 10.0 Å². The SMILES string of the molecule is O=P(O)(O)c1cc(I)ccc1OCc1ccccc1. The van der Waals surface area contributed by atoms with Crippen LogP contribution >= 0.6 is 30.2 Å². The van der Waals surface area contributed by atoms with Crippen molar-refractivity contribution in [2.75, 3.05) is 0 Å². The minimum absolute atomic E-state index is 0.0738. The molecule has 100 valence electrons. The van der Waals surface area contributed by atoms with Crippen LogP contribution in [0, 0.1) is 3.57 Å². The minimum atomic E-state index is -4.33. The molecule has 4 nitrogen and oxygen atoms in total. The van der Waals surface area contributed by atoms with Crippen molar-refractivity contribution in [1.29, 1.82) is 0 Å². The van der Waals surface area contributed by atoms with Gasteiger partial charge in [0, 0.05) is 3.57 Å². The minimum Gasteiger partial charge on any atom is -0.488 e. The average molecular weight is 390 g/mol. The van der Waals surface area contributed by atoms with Crippen molar-refractivity contribution in [3.05, 3.63) is 57.7 Å². The van der Waals surface area contributed by atoms with E-state index in [1.165, 1.54) is 6.07 Å². The van der Waals surface area contributed by atoms with E-state index in [0.29, 0.717) is 0 Å². The zero-order valence-electron chi connectivity index (χ0n) is 9.86. The van der Waals surface area contributed by atoms with Crippen LogP contribution in [0.25, 0.3) is 0 Å². The van der Waals surface area contributed by atoms with E-state index in [1.54, 1.807) is 12.1 Å². The molecule has 0 amide bonds.